The van der Waals surface area contributed by atoms with Crippen LogP contribution < -0.4 is 0 Å². The third kappa shape index (κ3) is 13.5. The molecule has 2 aromatic carbocycles. The molecule has 0 heterocycles. The second-order valence-electron chi connectivity index (χ2n) is 4.53. The molecule has 2 rings (SSSR count). The van der Waals surface area contributed by atoms with Gasteiger partial charge in [-0.25, -0.2) is 0 Å². The number of alkyl halides is 1. The maximum atomic E-state index is 10.5. The minimum Gasteiger partial charge on any atom is -0.282 e. The Morgan fingerprint density at radius 3 is 1.25 bits per heavy atom. The van der Waals surface area contributed by atoms with Gasteiger partial charge in [0.25, 0.3) is 0 Å². The van der Waals surface area contributed by atoms with Crippen LogP contribution >= 0.6 is 49.3 Å². The molecule has 0 aliphatic heterocycles. The molecular weight excluding hydrogens is 383 g/mol. The van der Waals surface area contributed by atoms with Crippen LogP contribution in [-0.2, 0) is 0 Å². The molecule has 0 radical (unpaired) electrons. The third-order valence-corrected chi connectivity index (χ3v) is 3.43. The number of halogens is 2. The van der Waals surface area contributed by atoms with Crippen molar-refractivity contribution in [2.24, 2.45) is 0 Å². The van der Waals surface area contributed by atoms with E-state index in [4.69, 9.17) is 11.6 Å². The first-order chi connectivity index (χ1) is 10.9. The van der Waals surface area contributed by atoms with Crippen molar-refractivity contribution in [3.63, 3.8) is 0 Å². The number of benzene rings is 2. The van der Waals surface area contributed by atoms with E-state index < -0.39 is 0 Å². The van der Waals surface area contributed by atoms with Crippen molar-refractivity contribution in [3.8, 4) is 0 Å². The fourth-order valence-corrected chi connectivity index (χ4v) is 1.46. The molecule has 0 saturated heterocycles. The summed E-state index contributed by atoms with van der Waals surface area (Å²) < 4.78 is 0. The molecule has 6 heteroatoms. The molecule has 0 saturated carbocycles. The van der Waals surface area contributed by atoms with E-state index in [1.807, 2.05) is 43.3 Å². The molecule has 0 spiro atoms. The lowest BCUT2D eigenvalue weighted by molar-refractivity contribution is 0.108. The Hall–Kier alpha value is -0.940. The Balaban J connectivity index is 0. The monoisotopic (exact) mass is 404 g/mol. The van der Waals surface area contributed by atoms with E-state index in [9.17, 15) is 9.59 Å². The van der Waals surface area contributed by atoms with Crippen LogP contribution in [0.2, 0.25) is 0 Å². The standard InChI is InChI=1S/2C7H6OS.C4H9Cl.ClH/c2*8-7(9)6-4-2-1-3-5-6;1-3-4(2)5;/h2*1-5H,(H,8,9);4H,3H2,1-2H3;1H. The van der Waals surface area contributed by atoms with Crippen LogP contribution in [0.1, 0.15) is 41.0 Å². The van der Waals surface area contributed by atoms with E-state index in [2.05, 4.69) is 32.2 Å². The van der Waals surface area contributed by atoms with Crippen molar-refractivity contribution < 1.29 is 9.59 Å². The number of hydrogen-bond donors (Lipinski definition) is 2. The van der Waals surface area contributed by atoms with Gasteiger partial charge in [-0.05, 0) is 13.3 Å². The summed E-state index contributed by atoms with van der Waals surface area (Å²) in [6.45, 7) is 4.05. The predicted octanol–water partition coefficient (Wildman–Crippen LogP) is 5.96. The lowest BCUT2D eigenvalue weighted by atomic mass is 10.2. The fourth-order valence-electron chi connectivity index (χ4n) is 1.16. The molecule has 0 amide bonds. The number of rotatable bonds is 3. The lowest BCUT2D eigenvalue weighted by Gasteiger charge is -1.88. The first-order valence-corrected chi connectivity index (χ1v) is 8.42. The van der Waals surface area contributed by atoms with Gasteiger partial charge in [0.15, 0.2) is 0 Å². The van der Waals surface area contributed by atoms with Crippen LogP contribution in [0.5, 0.6) is 0 Å². The summed E-state index contributed by atoms with van der Waals surface area (Å²) in [4.78, 5) is 21.0. The van der Waals surface area contributed by atoms with Gasteiger partial charge in [-0.3, -0.25) is 9.59 Å². The first kappa shape index (κ1) is 25.3. The van der Waals surface area contributed by atoms with Crippen LogP contribution in [0.15, 0.2) is 60.7 Å². The normalized spacial score (nSPS) is 9.88. The van der Waals surface area contributed by atoms with Crippen LogP contribution in [0.3, 0.4) is 0 Å². The maximum absolute atomic E-state index is 10.5. The van der Waals surface area contributed by atoms with Gasteiger partial charge >= 0.3 is 0 Å². The van der Waals surface area contributed by atoms with Crippen molar-refractivity contribution in [2.45, 2.75) is 25.6 Å². The molecule has 1 atom stereocenters. The van der Waals surface area contributed by atoms with Crippen LogP contribution in [0.4, 0.5) is 0 Å². The highest BCUT2D eigenvalue weighted by Crippen LogP contribution is 2.01. The van der Waals surface area contributed by atoms with Crippen LogP contribution in [0, 0.1) is 0 Å². The second-order valence-corrected chi connectivity index (χ2v) is 6.09. The first-order valence-electron chi connectivity index (χ1n) is 7.09. The van der Waals surface area contributed by atoms with E-state index >= 15 is 0 Å². The molecule has 2 nitrogen and oxygen atoms in total. The Morgan fingerprint density at radius 2 is 1.12 bits per heavy atom. The summed E-state index contributed by atoms with van der Waals surface area (Å²) in [7, 11) is 0. The highest BCUT2D eigenvalue weighted by molar-refractivity contribution is 7.97. The summed E-state index contributed by atoms with van der Waals surface area (Å²) in [5.41, 5.74) is 1.28. The number of hydrogen-bond acceptors (Lipinski definition) is 2. The molecule has 0 N–H and O–H groups in total. The number of thiol groups is 2. The highest BCUT2D eigenvalue weighted by Gasteiger charge is 1.94. The topological polar surface area (TPSA) is 34.1 Å². The van der Waals surface area contributed by atoms with Gasteiger partial charge in [0.2, 0.25) is 10.2 Å². The van der Waals surface area contributed by atoms with Gasteiger partial charge < -0.3 is 0 Å². The molecule has 0 bridgehead atoms. The third-order valence-electron chi connectivity index (χ3n) is 2.60. The number of carbonyl (C=O) groups is 2. The van der Waals surface area contributed by atoms with Crippen molar-refractivity contribution >= 4 is 59.5 Å². The molecule has 1 unspecified atom stereocenters. The molecule has 0 fully saturated rings. The van der Waals surface area contributed by atoms with E-state index in [-0.39, 0.29) is 22.6 Å². The van der Waals surface area contributed by atoms with E-state index in [0.29, 0.717) is 16.5 Å². The minimum atomic E-state index is -0.185. The van der Waals surface area contributed by atoms with E-state index in [1.54, 1.807) is 24.3 Å². The molecule has 2 aromatic rings. The smallest absolute Gasteiger partial charge is 0.216 e. The number of carbonyl (C=O) groups excluding carboxylic acids is 2. The molecule has 24 heavy (non-hydrogen) atoms. The summed E-state index contributed by atoms with van der Waals surface area (Å²) in [5.74, 6) is 0. The van der Waals surface area contributed by atoms with Crippen molar-refractivity contribution in [2.75, 3.05) is 0 Å². The SMILES string of the molecule is CCC(C)Cl.Cl.O=C(S)c1ccccc1.O=C(S)c1ccccc1. The van der Waals surface area contributed by atoms with Gasteiger partial charge in [-0.15, -0.1) is 49.3 Å². The van der Waals surface area contributed by atoms with E-state index in [0.717, 1.165) is 6.42 Å². The Kier molecular flexibility index (Phi) is 16.4. The summed E-state index contributed by atoms with van der Waals surface area (Å²) in [5, 5.41) is -0.0128. The zero-order valence-corrected chi connectivity index (χ0v) is 16.9. The second kappa shape index (κ2) is 15.6. The Labute approximate surface area is 166 Å². The fraction of sp³-hybridized carbons (Fsp3) is 0.222. The molecule has 132 valence electrons. The summed E-state index contributed by atoms with van der Waals surface area (Å²) in [6, 6.07) is 17.9. The molecule has 0 aliphatic rings. The summed E-state index contributed by atoms with van der Waals surface area (Å²) in [6.07, 6.45) is 1.07. The zero-order valence-electron chi connectivity index (χ0n) is 13.6. The molecule has 0 aliphatic carbocycles. The minimum absolute atomic E-state index is 0. The van der Waals surface area contributed by atoms with Crippen LogP contribution in [0.25, 0.3) is 0 Å². The average Bonchev–Trinajstić information content (AvgIpc) is 2.57. The highest BCUT2D eigenvalue weighted by atomic mass is 35.5. The summed E-state index contributed by atoms with van der Waals surface area (Å²) >= 11 is 12.8. The largest absolute Gasteiger partial charge is 0.282 e. The lowest BCUT2D eigenvalue weighted by Crippen LogP contribution is -1.84. The van der Waals surface area contributed by atoms with Crippen LogP contribution in [-0.4, -0.2) is 15.6 Å². The Bertz CT molecular complexity index is 527. The van der Waals surface area contributed by atoms with Gasteiger partial charge in [0.05, 0.1) is 0 Å². The van der Waals surface area contributed by atoms with Crippen molar-refractivity contribution in [1.82, 2.24) is 0 Å². The molecule has 0 aromatic heterocycles. The van der Waals surface area contributed by atoms with Crippen molar-refractivity contribution in [1.29, 1.82) is 0 Å². The van der Waals surface area contributed by atoms with Crippen molar-refractivity contribution in [3.05, 3.63) is 71.8 Å². The zero-order chi connectivity index (χ0) is 17.7. The Morgan fingerprint density at radius 1 is 0.875 bits per heavy atom. The van der Waals surface area contributed by atoms with E-state index in [1.165, 1.54) is 0 Å². The predicted molar refractivity (Wildman–Crippen MR) is 112 cm³/mol. The van der Waals surface area contributed by atoms with Gasteiger partial charge in [0, 0.05) is 16.5 Å². The average molecular weight is 405 g/mol. The maximum Gasteiger partial charge on any atom is 0.216 e. The van der Waals surface area contributed by atoms with Gasteiger partial charge in [-0.2, -0.15) is 0 Å². The van der Waals surface area contributed by atoms with Gasteiger partial charge in [0.1, 0.15) is 0 Å². The molecular formula is C18H22Cl2O2S2. The quantitative estimate of drug-likeness (QED) is 0.488. The van der Waals surface area contributed by atoms with Gasteiger partial charge in [-0.1, -0.05) is 67.6 Å².